The number of rotatable bonds is 24. The van der Waals surface area contributed by atoms with Crippen molar-refractivity contribution in [2.75, 3.05) is 0 Å². The molecule has 2 aliphatic heterocycles. The minimum Gasteiger partial charge on any atom is -0.519 e. The highest BCUT2D eigenvalue weighted by Crippen LogP contribution is 2.54. The summed E-state index contributed by atoms with van der Waals surface area (Å²) in [4.78, 5) is 0. The van der Waals surface area contributed by atoms with Crippen molar-refractivity contribution in [2.24, 2.45) is 0 Å². The van der Waals surface area contributed by atoms with Gasteiger partial charge in [-0.15, -0.1) is 0 Å². The van der Waals surface area contributed by atoms with Crippen LogP contribution in [0, 0.1) is 0 Å². The van der Waals surface area contributed by atoms with Gasteiger partial charge in [0.15, 0.2) is 0 Å². The fourth-order valence-corrected chi connectivity index (χ4v) is 9.39. The van der Waals surface area contributed by atoms with E-state index in [-0.39, 0.29) is 5.41 Å². The SMILES string of the molecule is CCCCCCCCCCCCC1(CCCCCCCCCCCC)c2cc(B3Oc4ccccc4O3)ccc2-c2ccc(B3Oc4ccccc4O3)cc21. The van der Waals surface area contributed by atoms with Gasteiger partial charge in [-0.1, -0.05) is 203 Å². The zero-order valence-electron chi connectivity index (χ0n) is 33.9. The van der Waals surface area contributed by atoms with Crippen molar-refractivity contribution < 1.29 is 18.6 Å². The molecule has 0 amide bonds. The molecule has 1 aliphatic carbocycles. The topological polar surface area (TPSA) is 36.9 Å². The number of fused-ring (bicyclic) bond motifs is 5. The molecule has 0 unspecified atom stereocenters. The third-order valence-electron chi connectivity index (χ3n) is 12.5. The molecule has 4 aromatic rings. The summed E-state index contributed by atoms with van der Waals surface area (Å²) in [5, 5.41) is 0. The average Bonchev–Trinajstić information content (AvgIpc) is 3.92. The molecule has 4 nitrogen and oxygen atoms in total. The van der Waals surface area contributed by atoms with Crippen LogP contribution in [0.3, 0.4) is 0 Å². The van der Waals surface area contributed by atoms with E-state index in [1.165, 1.54) is 151 Å². The fourth-order valence-electron chi connectivity index (χ4n) is 9.39. The zero-order chi connectivity index (χ0) is 37.7. The number of hydrogen-bond acceptors (Lipinski definition) is 4. The molecule has 0 N–H and O–H groups in total. The summed E-state index contributed by atoms with van der Waals surface area (Å²) >= 11 is 0. The summed E-state index contributed by atoms with van der Waals surface area (Å²) in [5.41, 5.74) is 7.71. The van der Waals surface area contributed by atoms with Crippen LogP contribution in [0.1, 0.15) is 166 Å². The largest absolute Gasteiger partial charge is 0.632 e. The summed E-state index contributed by atoms with van der Waals surface area (Å²) < 4.78 is 25.6. The molecule has 0 atom stereocenters. The van der Waals surface area contributed by atoms with E-state index in [9.17, 15) is 0 Å². The highest BCUT2D eigenvalue weighted by Gasteiger charge is 2.45. The minimum absolute atomic E-state index is 0.0894. The Kier molecular flexibility index (Phi) is 14.3. The molecule has 0 spiro atoms. The highest BCUT2D eigenvalue weighted by atomic mass is 16.6. The molecule has 0 bridgehead atoms. The summed E-state index contributed by atoms with van der Waals surface area (Å²) in [6.45, 7) is 4.60. The highest BCUT2D eigenvalue weighted by molar-refractivity contribution is 6.64. The predicted molar refractivity (Wildman–Crippen MR) is 232 cm³/mol. The second-order valence-electron chi connectivity index (χ2n) is 16.6. The summed E-state index contributed by atoms with van der Waals surface area (Å²) in [6, 6.07) is 30.1. The van der Waals surface area contributed by atoms with Crippen LogP contribution in [0.2, 0.25) is 0 Å². The van der Waals surface area contributed by atoms with E-state index in [2.05, 4.69) is 50.2 Å². The molecule has 7 rings (SSSR count). The van der Waals surface area contributed by atoms with Crippen LogP contribution in [-0.2, 0) is 5.41 Å². The van der Waals surface area contributed by atoms with Gasteiger partial charge in [-0.2, -0.15) is 0 Å². The summed E-state index contributed by atoms with van der Waals surface area (Å²) in [5.74, 6) is 3.28. The maximum absolute atomic E-state index is 6.39. The van der Waals surface area contributed by atoms with Crippen molar-refractivity contribution in [1.29, 1.82) is 0 Å². The van der Waals surface area contributed by atoms with Crippen molar-refractivity contribution in [3.8, 4) is 34.1 Å². The lowest BCUT2D eigenvalue weighted by Crippen LogP contribution is -2.41. The molecule has 2 heterocycles. The van der Waals surface area contributed by atoms with Gasteiger partial charge < -0.3 is 18.6 Å². The van der Waals surface area contributed by atoms with Gasteiger partial charge in [0.05, 0.1) is 0 Å². The van der Waals surface area contributed by atoms with Crippen LogP contribution in [0.15, 0.2) is 84.9 Å². The van der Waals surface area contributed by atoms with E-state index in [4.69, 9.17) is 18.6 Å². The van der Waals surface area contributed by atoms with E-state index in [1.54, 1.807) is 0 Å². The Morgan fingerprint density at radius 3 is 1.02 bits per heavy atom. The number of unbranched alkanes of at least 4 members (excludes halogenated alkanes) is 18. The molecule has 0 radical (unpaired) electrons. The van der Waals surface area contributed by atoms with Crippen molar-refractivity contribution >= 4 is 25.2 Å². The second-order valence-corrected chi connectivity index (χ2v) is 16.6. The molecule has 0 saturated carbocycles. The Bertz CT molecular complexity index is 1620. The molecule has 6 heteroatoms. The maximum atomic E-state index is 6.39. The number of benzene rings is 4. The fraction of sp³-hybridized carbons (Fsp3) is 0.510. The van der Waals surface area contributed by atoms with Crippen LogP contribution >= 0.6 is 0 Å². The van der Waals surface area contributed by atoms with Crippen LogP contribution in [0.25, 0.3) is 11.1 Å². The Hall–Kier alpha value is -3.79. The summed E-state index contributed by atoms with van der Waals surface area (Å²) in [6.07, 6.45) is 29.2. The van der Waals surface area contributed by atoms with Crippen molar-refractivity contribution in [2.45, 2.75) is 161 Å². The van der Waals surface area contributed by atoms with Crippen molar-refractivity contribution in [3.63, 3.8) is 0 Å². The molecule has 3 aliphatic rings. The predicted octanol–water partition coefficient (Wildman–Crippen LogP) is 12.9. The van der Waals surface area contributed by atoms with E-state index in [0.29, 0.717) is 0 Å². The lowest BCUT2D eigenvalue weighted by molar-refractivity contribution is 0.397. The van der Waals surface area contributed by atoms with Crippen molar-refractivity contribution in [3.05, 3.63) is 96.1 Å². The molecule has 0 fully saturated rings. The van der Waals surface area contributed by atoms with Gasteiger partial charge in [0.1, 0.15) is 23.0 Å². The molecule has 4 aromatic carbocycles. The first-order chi connectivity index (χ1) is 27.2. The van der Waals surface area contributed by atoms with Crippen LogP contribution in [-0.4, -0.2) is 14.2 Å². The Morgan fingerprint density at radius 2 is 0.691 bits per heavy atom. The van der Waals surface area contributed by atoms with Crippen molar-refractivity contribution in [1.82, 2.24) is 0 Å². The lowest BCUT2D eigenvalue weighted by Gasteiger charge is -2.33. The van der Waals surface area contributed by atoms with Gasteiger partial charge in [0.25, 0.3) is 0 Å². The smallest absolute Gasteiger partial charge is 0.519 e. The van der Waals surface area contributed by atoms with Gasteiger partial charge >= 0.3 is 14.2 Å². The Morgan fingerprint density at radius 1 is 0.382 bits per heavy atom. The van der Waals surface area contributed by atoms with E-state index in [0.717, 1.165) is 46.8 Å². The van der Waals surface area contributed by atoms with E-state index < -0.39 is 14.2 Å². The van der Waals surface area contributed by atoms with E-state index in [1.807, 2.05) is 48.5 Å². The maximum Gasteiger partial charge on any atom is 0.632 e. The van der Waals surface area contributed by atoms with Gasteiger partial charge in [-0.3, -0.25) is 0 Å². The number of para-hydroxylation sites is 4. The first kappa shape index (κ1) is 39.4. The van der Waals surface area contributed by atoms with E-state index >= 15 is 0 Å². The third-order valence-corrected chi connectivity index (χ3v) is 12.5. The Balaban J connectivity index is 1.13. The molecule has 0 aromatic heterocycles. The van der Waals surface area contributed by atoms with Crippen LogP contribution in [0.4, 0.5) is 0 Å². The Labute approximate surface area is 333 Å². The lowest BCUT2D eigenvalue weighted by atomic mass is 9.67. The monoisotopic (exact) mass is 738 g/mol. The standard InChI is InChI=1S/C49H64B2O4/c1-3-5-7-9-11-13-15-17-19-25-35-49(36-26-20-18-16-14-12-10-8-6-4-2)43-37-39(50-52-45-27-21-22-28-46(45)53-50)31-33-41(43)42-34-32-40(38-44(42)49)51-54-47-29-23-24-30-48(47)55-51/h21-24,27-34,37-38H,3-20,25-26,35-36H2,1-2H3. The first-order valence-corrected chi connectivity index (χ1v) is 22.3. The average molecular weight is 739 g/mol. The van der Waals surface area contributed by atoms with Crippen LogP contribution < -0.4 is 29.5 Å². The molecule has 290 valence electrons. The molecular formula is C49H64B2O4. The number of hydrogen-bond donors (Lipinski definition) is 0. The zero-order valence-corrected chi connectivity index (χ0v) is 33.9. The third kappa shape index (κ3) is 9.61. The second kappa shape index (κ2) is 19.9. The van der Waals surface area contributed by atoms with Gasteiger partial charge in [-0.25, -0.2) is 0 Å². The molecular weight excluding hydrogens is 674 g/mol. The van der Waals surface area contributed by atoms with Crippen LogP contribution in [0.5, 0.6) is 23.0 Å². The molecule has 55 heavy (non-hydrogen) atoms. The summed E-state index contributed by atoms with van der Waals surface area (Å²) in [7, 11) is -0.874. The quantitative estimate of drug-likeness (QED) is 0.0530. The van der Waals surface area contributed by atoms with Gasteiger partial charge in [-0.05, 0) is 59.4 Å². The molecule has 0 saturated heterocycles. The van der Waals surface area contributed by atoms with Gasteiger partial charge in [0.2, 0.25) is 0 Å². The van der Waals surface area contributed by atoms with Gasteiger partial charge in [0, 0.05) is 16.3 Å². The minimum atomic E-state index is -0.437. The normalized spacial score (nSPS) is 14.4. The first-order valence-electron chi connectivity index (χ1n) is 22.3.